The molecule has 10 nitrogen and oxygen atoms in total. The van der Waals surface area contributed by atoms with Crippen molar-refractivity contribution in [2.24, 2.45) is 22.2 Å². The first kappa shape index (κ1) is 41.6. The van der Waals surface area contributed by atoms with Crippen LogP contribution >= 0.6 is 21.6 Å². The number of rotatable bonds is 11. The number of allylic oxidation sites excluding steroid dienone is 2. The van der Waals surface area contributed by atoms with Crippen molar-refractivity contribution < 1.29 is 29.2 Å². The average molecular weight is 795 g/mol. The van der Waals surface area contributed by atoms with Crippen LogP contribution in [0.5, 0.6) is 23.0 Å². The number of carbonyl (C=O) groups is 1. The van der Waals surface area contributed by atoms with Gasteiger partial charge in [0.1, 0.15) is 5.60 Å². The molecule has 0 spiro atoms. The molecule has 0 amide bonds. The Balaban J connectivity index is 1.21. The fourth-order valence-corrected chi connectivity index (χ4v) is 11.5. The van der Waals surface area contributed by atoms with Gasteiger partial charge >= 0.3 is 0 Å². The van der Waals surface area contributed by atoms with Gasteiger partial charge in [0.05, 0.1) is 24.8 Å². The number of phenolic OH excluding ortho intramolecular Hbond substituents is 2. The lowest BCUT2D eigenvalue weighted by molar-refractivity contribution is -0.125. The number of carbonyl (C=O) groups excluding carboxylic acids is 1. The summed E-state index contributed by atoms with van der Waals surface area (Å²) in [4.78, 5) is 18.8. The summed E-state index contributed by atoms with van der Waals surface area (Å²) in [6, 6.07) is 9.37. The highest BCUT2D eigenvalue weighted by Crippen LogP contribution is 2.50. The third-order valence-corrected chi connectivity index (χ3v) is 14.5. The minimum absolute atomic E-state index is 0.0672. The largest absolute Gasteiger partial charge is 0.504 e. The maximum atomic E-state index is 14.3. The molecule has 55 heavy (non-hydrogen) atoms. The lowest BCUT2D eigenvalue weighted by Crippen LogP contribution is -2.42. The maximum Gasteiger partial charge on any atom is 0.196 e. The van der Waals surface area contributed by atoms with Crippen LogP contribution in [0.15, 0.2) is 47.5 Å². The molecule has 302 valence electrons. The number of nitrogens with zero attached hydrogens (tertiary/aromatic N) is 1. The highest BCUT2D eigenvalue weighted by molar-refractivity contribution is 8.76. The lowest BCUT2D eigenvalue weighted by Gasteiger charge is -2.33. The number of nitrogens with one attached hydrogen (secondary N) is 3. The first-order chi connectivity index (χ1) is 26.8. The third kappa shape index (κ3) is 10.7. The van der Waals surface area contributed by atoms with E-state index in [1.54, 1.807) is 41.8 Å². The number of aromatic hydroxyl groups is 2. The molecule has 0 saturated heterocycles. The van der Waals surface area contributed by atoms with Crippen molar-refractivity contribution in [1.82, 2.24) is 10.6 Å². The fourth-order valence-electron chi connectivity index (χ4n) is 9.31. The van der Waals surface area contributed by atoms with E-state index in [4.69, 9.17) is 14.2 Å². The van der Waals surface area contributed by atoms with Crippen LogP contribution in [-0.2, 0) is 22.4 Å². The van der Waals surface area contributed by atoms with E-state index in [1.165, 1.54) is 32.1 Å². The molecule has 0 unspecified atom stereocenters. The number of hydrogen-bond donors (Lipinski definition) is 5. The molecule has 5 N–H and O–H groups in total. The predicted octanol–water partition coefficient (Wildman–Crippen LogP) is 8.41. The summed E-state index contributed by atoms with van der Waals surface area (Å²) in [5.41, 5.74) is 1.55. The van der Waals surface area contributed by atoms with Crippen molar-refractivity contribution in [3.05, 3.63) is 53.6 Å². The van der Waals surface area contributed by atoms with Gasteiger partial charge in [-0.3, -0.25) is 9.79 Å². The number of anilines is 1. The molecular formula is C43H62N4O6S2. The zero-order valence-corrected chi connectivity index (χ0v) is 34.6. The molecule has 1 heterocycles. The van der Waals surface area contributed by atoms with Gasteiger partial charge in [0, 0.05) is 31.4 Å². The molecule has 6 rings (SSSR count). The van der Waals surface area contributed by atoms with Crippen LogP contribution in [0.3, 0.4) is 0 Å². The summed E-state index contributed by atoms with van der Waals surface area (Å²) < 4.78 is 18.6. The summed E-state index contributed by atoms with van der Waals surface area (Å²) in [5.74, 6) is 3.94. The quantitative estimate of drug-likeness (QED) is 0.111. The second-order valence-corrected chi connectivity index (χ2v) is 18.5. The van der Waals surface area contributed by atoms with Crippen molar-refractivity contribution in [2.75, 3.05) is 51.3 Å². The molecule has 2 aromatic rings. The highest BCUT2D eigenvalue weighted by atomic mass is 33.1. The molecular weight excluding hydrogens is 733 g/mol. The molecule has 4 atom stereocenters. The van der Waals surface area contributed by atoms with Gasteiger partial charge in [-0.15, -0.1) is 0 Å². The Morgan fingerprint density at radius 2 is 1.87 bits per heavy atom. The van der Waals surface area contributed by atoms with E-state index >= 15 is 0 Å². The molecule has 12 heteroatoms. The van der Waals surface area contributed by atoms with Crippen molar-refractivity contribution in [3.63, 3.8) is 0 Å². The fraction of sp³-hybridized carbons (Fsp3) is 0.628. The number of aliphatic imine (C=N–C) groups is 1. The van der Waals surface area contributed by atoms with Gasteiger partial charge in [-0.2, -0.15) is 0 Å². The monoisotopic (exact) mass is 794 g/mol. The minimum Gasteiger partial charge on any atom is -0.504 e. The number of benzene rings is 2. The number of hydrogen-bond acceptors (Lipinski definition) is 10. The number of ketones is 1. The van der Waals surface area contributed by atoms with Gasteiger partial charge in [0.2, 0.25) is 0 Å². The van der Waals surface area contributed by atoms with Crippen LogP contribution in [0.1, 0.15) is 94.6 Å². The normalized spacial score (nSPS) is 28.2. The van der Waals surface area contributed by atoms with Crippen LogP contribution in [0.2, 0.25) is 0 Å². The first-order valence-electron chi connectivity index (χ1n) is 20.4. The Hall–Kier alpha value is -3.06. The Morgan fingerprint density at radius 1 is 1.02 bits per heavy atom. The van der Waals surface area contributed by atoms with Crippen molar-refractivity contribution in [1.29, 1.82) is 0 Å². The Kier molecular flexibility index (Phi) is 15.0. The number of guanidine groups is 1. The van der Waals surface area contributed by atoms with E-state index in [2.05, 4.69) is 20.9 Å². The molecule has 0 radical (unpaired) electrons. The van der Waals surface area contributed by atoms with Crippen LogP contribution in [0.25, 0.3) is 0 Å². The van der Waals surface area contributed by atoms with Gasteiger partial charge in [-0.25, -0.2) is 0 Å². The first-order valence-corrected chi connectivity index (χ1v) is 22.9. The van der Waals surface area contributed by atoms with Crippen LogP contribution in [0.4, 0.5) is 5.69 Å². The standard InChI is InChI=1S/C43H62N4O6S2/c1-44-28-42(20-17-30(25-42)18-21-52-34-12-5-4-6-13-34)53-38-23-31-10-7-8-14-39(49)43(26-32-15-16-36(48)37(24-32)51-3)19-9-11-33(43)27-54-55-29-46-41(45-2)47-35(22-31)40(38)50/h8,14-16,22-24,30,33-34,44,48,50H,4-7,9-13,17-21,25-29H2,1-3H3,(H2,45,46,47)/b14-8+/t30-,33+,42+,43-/m1/s1. The molecule has 2 aromatic carbocycles. The molecule has 4 aliphatic rings. The molecule has 3 aliphatic carbocycles. The Bertz CT molecular complexity index is 1650. The number of fused-ring (bicyclic) bond motifs is 3. The Labute approximate surface area is 335 Å². The van der Waals surface area contributed by atoms with Crippen LogP contribution in [-0.4, -0.2) is 79.6 Å². The summed E-state index contributed by atoms with van der Waals surface area (Å²) in [6.07, 6.45) is 19.1. The van der Waals surface area contributed by atoms with Crippen molar-refractivity contribution in [3.8, 4) is 23.0 Å². The average Bonchev–Trinajstić information content (AvgIpc) is 3.79. The van der Waals surface area contributed by atoms with E-state index in [0.717, 1.165) is 68.4 Å². The van der Waals surface area contributed by atoms with Gasteiger partial charge < -0.3 is 40.4 Å². The zero-order chi connectivity index (χ0) is 38.7. The smallest absolute Gasteiger partial charge is 0.196 e. The Morgan fingerprint density at radius 3 is 2.67 bits per heavy atom. The zero-order valence-electron chi connectivity index (χ0n) is 33.0. The molecule has 3 saturated carbocycles. The number of phenols is 2. The van der Waals surface area contributed by atoms with Crippen molar-refractivity contribution in [2.45, 2.75) is 108 Å². The van der Waals surface area contributed by atoms with E-state index in [0.29, 0.717) is 66.9 Å². The van der Waals surface area contributed by atoms with Gasteiger partial charge in [0.15, 0.2) is 34.7 Å². The predicted molar refractivity (Wildman–Crippen MR) is 226 cm³/mol. The van der Waals surface area contributed by atoms with Gasteiger partial charge in [-0.05, 0) is 131 Å². The summed E-state index contributed by atoms with van der Waals surface area (Å²) in [5, 5.41) is 32.1. The van der Waals surface area contributed by atoms with Crippen molar-refractivity contribution >= 4 is 39.0 Å². The molecule has 1 aliphatic heterocycles. The van der Waals surface area contributed by atoms with E-state index in [1.807, 2.05) is 43.5 Å². The molecule has 0 aromatic heterocycles. The second kappa shape index (κ2) is 19.9. The topological polar surface area (TPSA) is 134 Å². The van der Waals surface area contributed by atoms with Gasteiger partial charge in [0.25, 0.3) is 0 Å². The maximum absolute atomic E-state index is 14.3. The summed E-state index contributed by atoms with van der Waals surface area (Å²) in [7, 11) is 8.71. The van der Waals surface area contributed by atoms with E-state index in [9.17, 15) is 15.0 Å². The van der Waals surface area contributed by atoms with E-state index in [-0.39, 0.29) is 23.2 Å². The summed E-state index contributed by atoms with van der Waals surface area (Å²) in [6.45, 7) is 1.48. The van der Waals surface area contributed by atoms with Gasteiger partial charge in [-0.1, -0.05) is 59.4 Å². The number of ether oxygens (including phenoxy) is 3. The second-order valence-electron chi connectivity index (χ2n) is 16.0. The SMILES string of the molecule is CN=C1NCSSC[C@@H]2CCC[C@]2(Cc2ccc(O)c(OC)c2)C(=O)/C=C/CCc2cc(c(O)c(O[C@@]3(CNC)CC[C@H](CCOC4CCCCC4)C3)c2)N1. The van der Waals surface area contributed by atoms with Crippen LogP contribution < -0.4 is 25.4 Å². The molecule has 3 fully saturated rings. The lowest BCUT2D eigenvalue weighted by atomic mass is 9.70. The van der Waals surface area contributed by atoms with Crippen LogP contribution in [0, 0.1) is 17.3 Å². The highest BCUT2D eigenvalue weighted by Gasteiger charge is 2.47. The number of aryl methyl sites for hydroxylation is 1. The summed E-state index contributed by atoms with van der Waals surface area (Å²) >= 11 is 0. The number of likely N-dealkylation sites (N-methyl/N-ethyl adjacent to an activating group) is 1. The number of methoxy groups -OCH3 is 1. The van der Waals surface area contributed by atoms with E-state index < -0.39 is 11.0 Å². The minimum atomic E-state index is -0.527. The molecule has 2 bridgehead atoms. The third-order valence-electron chi connectivity index (χ3n) is 12.3.